The number of halogens is 1. The van der Waals surface area contributed by atoms with Crippen LogP contribution < -0.4 is 10.1 Å². The molecule has 29 heavy (non-hydrogen) atoms. The summed E-state index contributed by atoms with van der Waals surface area (Å²) in [5, 5.41) is 14.6. The van der Waals surface area contributed by atoms with Gasteiger partial charge in [0.25, 0.3) is 0 Å². The molecule has 1 saturated heterocycles. The SMILES string of the molecule is CC(=O)Nc1ccc(CN2CCC[C@@](O)(COc3cc(C)c(Cl)c(C)c3)C2)cc1. The summed E-state index contributed by atoms with van der Waals surface area (Å²) in [5.74, 6) is 0.661. The van der Waals surface area contributed by atoms with Crippen LogP contribution in [0.4, 0.5) is 5.69 Å². The minimum absolute atomic E-state index is 0.0788. The van der Waals surface area contributed by atoms with E-state index in [1.807, 2.05) is 50.2 Å². The number of rotatable bonds is 6. The van der Waals surface area contributed by atoms with Crippen molar-refractivity contribution in [3.8, 4) is 5.75 Å². The molecule has 5 nitrogen and oxygen atoms in total. The Bertz CT molecular complexity index is 846. The third-order valence-corrected chi connectivity index (χ3v) is 5.83. The largest absolute Gasteiger partial charge is 0.491 e. The Morgan fingerprint density at radius 2 is 1.90 bits per heavy atom. The van der Waals surface area contributed by atoms with Gasteiger partial charge >= 0.3 is 0 Å². The van der Waals surface area contributed by atoms with Gasteiger partial charge in [0, 0.05) is 30.7 Å². The highest BCUT2D eigenvalue weighted by molar-refractivity contribution is 6.32. The highest BCUT2D eigenvalue weighted by Gasteiger charge is 2.34. The van der Waals surface area contributed by atoms with Gasteiger partial charge in [-0.1, -0.05) is 23.7 Å². The normalized spacial score (nSPS) is 19.8. The van der Waals surface area contributed by atoms with Crippen molar-refractivity contribution >= 4 is 23.2 Å². The van der Waals surface area contributed by atoms with Gasteiger partial charge in [-0.15, -0.1) is 0 Å². The number of amides is 1. The molecular weight excluding hydrogens is 388 g/mol. The molecule has 0 spiro atoms. The van der Waals surface area contributed by atoms with E-state index in [4.69, 9.17) is 16.3 Å². The maximum atomic E-state index is 11.1. The Balaban J connectivity index is 1.58. The number of hydrogen-bond donors (Lipinski definition) is 2. The van der Waals surface area contributed by atoms with Gasteiger partial charge in [-0.25, -0.2) is 0 Å². The molecule has 3 rings (SSSR count). The number of benzene rings is 2. The Morgan fingerprint density at radius 3 is 2.52 bits per heavy atom. The average Bonchev–Trinajstić information content (AvgIpc) is 2.66. The first-order valence-corrected chi connectivity index (χ1v) is 10.3. The molecule has 1 aliphatic rings. The maximum Gasteiger partial charge on any atom is 0.221 e. The monoisotopic (exact) mass is 416 g/mol. The first kappa shape index (κ1) is 21.6. The van der Waals surface area contributed by atoms with E-state index in [9.17, 15) is 9.90 Å². The van der Waals surface area contributed by atoms with Crippen LogP contribution in [-0.2, 0) is 11.3 Å². The molecule has 0 radical (unpaired) electrons. The summed E-state index contributed by atoms with van der Waals surface area (Å²) in [7, 11) is 0. The summed E-state index contributed by atoms with van der Waals surface area (Å²) < 4.78 is 5.94. The minimum atomic E-state index is -0.879. The van der Waals surface area contributed by atoms with E-state index in [1.165, 1.54) is 6.92 Å². The maximum absolute atomic E-state index is 11.1. The lowest BCUT2D eigenvalue weighted by Gasteiger charge is -2.39. The molecule has 6 heteroatoms. The molecule has 1 fully saturated rings. The van der Waals surface area contributed by atoms with Crippen molar-refractivity contribution in [1.29, 1.82) is 0 Å². The number of likely N-dealkylation sites (tertiary alicyclic amines) is 1. The predicted octanol–water partition coefficient (Wildman–Crippen LogP) is 4.32. The van der Waals surface area contributed by atoms with Crippen LogP contribution in [0.5, 0.6) is 5.75 Å². The van der Waals surface area contributed by atoms with E-state index < -0.39 is 5.60 Å². The molecule has 0 unspecified atom stereocenters. The second kappa shape index (κ2) is 9.16. The van der Waals surface area contributed by atoms with Gasteiger partial charge < -0.3 is 15.2 Å². The molecule has 1 atom stereocenters. The molecular formula is C23H29ClN2O3. The summed E-state index contributed by atoms with van der Waals surface area (Å²) in [4.78, 5) is 13.4. The predicted molar refractivity (Wildman–Crippen MR) is 117 cm³/mol. The van der Waals surface area contributed by atoms with Crippen molar-refractivity contribution in [2.45, 2.75) is 45.8 Å². The van der Waals surface area contributed by atoms with Gasteiger partial charge in [0.05, 0.1) is 0 Å². The number of nitrogens with one attached hydrogen (secondary N) is 1. The lowest BCUT2D eigenvalue weighted by Crippen LogP contribution is -2.51. The van der Waals surface area contributed by atoms with Crippen LogP contribution in [-0.4, -0.2) is 41.2 Å². The van der Waals surface area contributed by atoms with Gasteiger partial charge in [-0.05, 0) is 74.2 Å². The molecule has 1 amide bonds. The third-order valence-electron chi connectivity index (χ3n) is 5.23. The summed E-state index contributed by atoms with van der Waals surface area (Å²) in [5.41, 5.74) is 3.00. The smallest absolute Gasteiger partial charge is 0.221 e. The minimum Gasteiger partial charge on any atom is -0.491 e. The van der Waals surface area contributed by atoms with Crippen molar-refractivity contribution in [3.05, 3.63) is 58.1 Å². The topological polar surface area (TPSA) is 61.8 Å². The van der Waals surface area contributed by atoms with Gasteiger partial charge in [0.15, 0.2) is 0 Å². The molecule has 156 valence electrons. The van der Waals surface area contributed by atoms with E-state index in [-0.39, 0.29) is 12.5 Å². The molecule has 1 heterocycles. The summed E-state index contributed by atoms with van der Waals surface area (Å²) in [6.07, 6.45) is 1.64. The fourth-order valence-electron chi connectivity index (χ4n) is 3.82. The van der Waals surface area contributed by atoms with Crippen LogP contribution in [0.3, 0.4) is 0 Å². The van der Waals surface area contributed by atoms with Crippen molar-refractivity contribution < 1.29 is 14.6 Å². The second-order valence-electron chi connectivity index (χ2n) is 8.08. The van der Waals surface area contributed by atoms with Crippen LogP contribution >= 0.6 is 11.6 Å². The fraction of sp³-hybridized carbons (Fsp3) is 0.435. The summed E-state index contributed by atoms with van der Waals surface area (Å²) in [6.45, 7) is 7.92. The van der Waals surface area contributed by atoms with E-state index in [0.717, 1.165) is 59.1 Å². The van der Waals surface area contributed by atoms with Crippen LogP contribution in [0, 0.1) is 13.8 Å². The number of nitrogens with zero attached hydrogens (tertiary/aromatic N) is 1. The molecule has 0 aromatic heterocycles. The Kier molecular flexibility index (Phi) is 6.83. The zero-order chi connectivity index (χ0) is 21.0. The molecule has 0 aliphatic carbocycles. The zero-order valence-electron chi connectivity index (χ0n) is 17.3. The van der Waals surface area contributed by atoms with E-state index in [1.54, 1.807) is 0 Å². The van der Waals surface area contributed by atoms with Gasteiger partial charge in [0.2, 0.25) is 5.91 Å². The van der Waals surface area contributed by atoms with E-state index in [0.29, 0.717) is 6.54 Å². The second-order valence-corrected chi connectivity index (χ2v) is 8.45. The quantitative estimate of drug-likeness (QED) is 0.736. The molecule has 0 saturated carbocycles. The lowest BCUT2D eigenvalue weighted by atomic mass is 9.93. The van der Waals surface area contributed by atoms with Crippen molar-refractivity contribution in [2.75, 3.05) is 25.0 Å². The van der Waals surface area contributed by atoms with Crippen molar-refractivity contribution in [1.82, 2.24) is 4.90 Å². The molecule has 1 aliphatic heterocycles. The van der Waals surface area contributed by atoms with Gasteiger partial charge in [0.1, 0.15) is 18.0 Å². The number of piperidine rings is 1. The average molecular weight is 417 g/mol. The van der Waals surface area contributed by atoms with Crippen molar-refractivity contribution in [3.63, 3.8) is 0 Å². The highest BCUT2D eigenvalue weighted by atomic mass is 35.5. The molecule has 2 N–H and O–H groups in total. The number of aliphatic hydroxyl groups is 1. The third kappa shape index (κ3) is 5.95. The standard InChI is InChI=1S/C23H29ClN2O3/c1-16-11-21(12-17(2)22(16)24)29-15-23(28)9-4-10-26(14-23)13-19-5-7-20(8-6-19)25-18(3)27/h5-8,11-12,28H,4,9-10,13-15H2,1-3H3,(H,25,27)/t23-/m0/s1. The number of aryl methyl sites for hydroxylation is 2. The zero-order valence-corrected chi connectivity index (χ0v) is 18.1. The first-order valence-electron chi connectivity index (χ1n) is 9.95. The van der Waals surface area contributed by atoms with E-state index >= 15 is 0 Å². The first-order chi connectivity index (χ1) is 13.7. The van der Waals surface area contributed by atoms with Gasteiger partial charge in [-0.3, -0.25) is 9.69 Å². The summed E-state index contributed by atoms with van der Waals surface area (Å²) >= 11 is 6.22. The lowest BCUT2D eigenvalue weighted by molar-refractivity contribution is -0.114. The fourth-order valence-corrected chi connectivity index (χ4v) is 3.93. The van der Waals surface area contributed by atoms with E-state index in [2.05, 4.69) is 10.2 Å². The summed E-state index contributed by atoms with van der Waals surface area (Å²) in [6, 6.07) is 11.7. The van der Waals surface area contributed by atoms with Crippen LogP contribution in [0.1, 0.15) is 36.5 Å². The van der Waals surface area contributed by atoms with Crippen LogP contribution in [0.25, 0.3) is 0 Å². The number of β-amino-alcohol motifs (C(OH)–C–C–N with tert-alkyl or cyclic N) is 1. The molecule has 2 aromatic carbocycles. The van der Waals surface area contributed by atoms with Crippen LogP contribution in [0.15, 0.2) is 36.4 Å². The number of anilines is 1. The van der Waals surface area contributed by atoms with Gasteiger partial charge in [-0.2, -0.15) is 0 Å². The number of hydrogen-bond acceptors (Lipinski definition) is 4. The van der Waals surface area contributed by atoms with Crippen molar-refractivity contribution in [2.24, 2.45) is 0 Å². The number of carbonyl (C=O) groups is 1. The van der Waals surface area contributed by atoms with Crippen LogP contribution in [0.2, 0.25) is 5.02 Å². The number of carbonyl (C=O) groups excluding carboxylic acids is 1. The Hall–Kier alpha value is -2.08. The Labute approximate surface area is 177 Å². The molecule has 2 aromatic rings. The molecule has 0 bridgehead atoms. The highest BCUT2D eigenvalue weighted by Crippen LogP contribution is 2.28. The Morgan fingerprint density at radius 1 is 1.24 bits per heavy atom. The number of ether oxygens (including phenoxy) is 1.